The molecule has 3 rings (SSSR count). The smallest absolute Gasteiger partial charge is 0.332 e. The van der Waals surface area contributed by atoms with Crippen LogP contribution in [0.2, 0.25) is 0 Å². The number of nitrogens with one attached hydrogen (secondary N) is 3. The van der Waals surface area contributed by atoms with Crippen molar-refractivity contribution in [3.8, 4) is 0 Å². The number of hydrogen-bond donors (Lipinski definition) is 3. The lowest BCUT2D eigenvalue weighted by Gasteiger charge is -2.16. The topological polar surface area (TPSA) is 70.2 Å². The lowest BCUT2D eigenvalue weighted by atomic mass is 10.1. The van der Waals surface area contributed by atoms with Crippen LogP contribution in [0.4, 0.5) is 30.2 Å². The van der Waals surface area contributed by atoms with Crippen molar-refractivity contribution in [3.05, 3.63) is 83.9 Å². The number of sulfonamides is 1. The minimum Gasteiger partial charge on any atom is -0.332 e. The van der Waals surface area contributed by atoms with Gasteiger partial charge in [-0.1, -0.05) is 29.8 Å². The summed E-state index contributed by atoms with van der Waals surface area (Å²) in [5.74, 6) is 0. The van der Waals surface area contributed by atoms with Crippen LogP contribution in [0.15, 0.2) is 77.7 Å². The minimum absolute atomic E-state index is 0.0373. The van der Waals surface area contributed by atoms with Gasteiger partial charge in [0.15, 0.2) is 5.11 Å². The molecule has 0 saturated carbocycles. The zero-order valence-corrected chi connectivity index (χ0v) is 17.8. The average molecular weight is 466 g/mol. The molecule has 3 aromatic carbocycles. The van der Waals surface area contributed by atoms with E-state index < -0.39 is 21.8 Å². The van der Waals surface area contributed by atoms with Gasteiger partial charge in [-0.15, -0.1) is 0 Å². The number of para-hydroxylation sites is 1. The number of thiocarbonyl (C=S) groups is 1. The molecule has 0 amide bonds. The van der Waals surface area contributed by atoms with Crippen LogP contribution in [0.5, 0.6) is 0 Å². The first-order valence-electron chi connectivity index (χ1n) is 8.98. The molecule has 5 nitrogen and oxygen atoms in total. The van der Waals surface area contributed by atoms with Gasteiger partial charge in [0, 0.05) is 11.4 Å². The number of hydrogen-bond acceptors (Lipinski definition) is 3. The van der Waals surface area contributed by atoms with E-state index >= 15 is 0 Å². The Morgan fingerprint density at radius 3 is 2.03 bits per heavy atom. The van der Waals surface area contributed by atoms with E-state index in [0.29, 0.717) is 11.4 Å². The Morgan fingerprint density at radius 2 is 1.42 bits per heavy atom. The predicted molar refractivity (Wildman–Crippen MR) is 120 cm³/mol. The highest BCUT2D eigenvalue weighted by molar-refractivity contribution is 7.92. The van der Waals surface area contributed by atoms with Gasteiger partial charge >= 0.3 is 6.18 Å². The maximum atomic E-state index is 13.1. The van der Waals surface area contributed by atoms with Crippen LogP contribution in [-0.2, 0) is 16.2 Å². The Hall–Kier alpha value is -3.11. The molecular weight excluding hydrogens is 447 g/mol. The molecule has 3 N–H and O–H groups in total. The molecule has 3 aromatic rings. The lowest BCUT2D eigenvalue weighted by molar-refractivity contribution is -0.136. The van der Waals surface area contributed by atoms with Gasteiger partial charge in [-0.25, -0.2) is 8.42 Å². The van der Waals surface area contributed by atoms with E-state index in [-0.39, 0.29) is 15.7 Å². The van der Waals surface area contributed by atoms with Gasteiger partial charge in [-0.05, 0) is 67.7 Å². The van der Waals surface area contributed by atoms with Crippen LogP contribution >= 0.6 is 12.2 Å². The van der Waals surface area contributed by atoms with E-state index in [4.69, 9.17) is 12.2 Å². The zero-order chi connectivity index (χ0) is 22.6. The van der Waals surface area contributed by atoms with Crippen molar-refractivity contribution in [1.82, 2.24) is 0 Å². The van der Waals surface area contributed by atoms with Crippen molar-refractivity contribution in [2.24, 2.45) is 0 Å². The summed E-state index contributed by atoms with van der Waals surface area (Å²) in [5.41, 5.74) is 0.736. The second-order valence-electron chi connectivity index (χ2n) is 6.62. The molecule has 31 heavy (non-hydrogen) atoms. The molecule has 0 aliphatic rings. The number of rotatable bonds is 5. The standard InChI is InChI=1S/C21H18F3N3O2S2/c1-14-6-12-17(13-7-14)31(28,29)27-16-10-8-15(9-11-16)25-20(30)26-19-5-3-2-4-18(19)21(22,23)24/h2-13,27H,1H3,(H2,25,26,30). The van der Waals surface area contributed by atoms with Crippen molar-refractivity contribution >= 4 is 44.4 Å². The maximum absolute atomic E-state index is 13.1. The Bertz CT molecular complexity index is 1180. The SMILES string of the molecule is Cc1ccc(S(=O)(=O)Nc2ccc(NC(=S)Nc3ccccc3C(F)(F)F)cc2)cc1. The summed E-state index contributed by atoms with van der Waals surface area (Å²) in [5, 5.41) is 5.27. The van der Waals surface area contributed by atoms with Gasteiger partial charge < -0.3 is 10.6 Å². The Labute approximate surface area is 183 Å². The summed E-state index contributed by atoms with van der Waals surface area (Å²) in [7, 11) is -3.74. The van der Waals surface area contributed by atoms with E-state index in [2.05, 4.69) is 15.4 Å². The number of anilines is 3. The van der Waals surface area contributed by atoms with Crippen LogP contribution in [0, 0.1) is 6.92 Å². The molecule has 0 radical (unpaired) electrons. The molecule has 0 fully saturated rings. The summed E-state index contributed by atoms with van der Waals surface area (Å²) in [6, 6.07) is 17.6. The average Bonchev–Trinajstić information content (AvgIpc) is 2.69. The highest BCUT2D eigenvalue weighted by Gasteiger charge is 2.33. The van der Waals surface area contributed by atoms with Crippen LogP contribution in [0.3, 0.4) is 0 Å². The zero-order valence-electron chi connectivity index (χ0n) is 16.2. The molecule has 0 aromatic heterocycles. The Morgan fingerprint density at radius 1 is 0.839 bits per heavy atom. The van der Waals surface area contributed by atoms with Gasteiger partial charge in [0.05, 0.1) is 16.1 Å². The molecule has 10 heteroatoms. The third-order valence-electron chi connectivity index (χ3n) is 4.21. The van der Waals surface area contributed by atoms with E-state index in [1.807, 2.05) is 6.92 Å². The second-order valence-corrected chi connectivity index (χ2v) is 8.71. The minimum atomic E-state index is -4.52. The molecule has 0 spiro atoms. The van der Waals surface area contributed by atoms with Crippen molar-refractivity contribution in [3.63, 3.8) is 0 Å². The summed E-state index contributed by atoms with van der Waals surface area (Å²) in [4.78, 5) is 0.133. The monoisotopic (exact) mass is 465 g/mol. The van der Waals surface area contributed by atoms with Gasteiger partial charge in [-0.2, -0.15) is 13.2 Å². The van der Waals surface area contributed by atoms with Gasteiger partial charge in [-0.3, -0.25) is 4.72 Å². The third-order valence-corrected chi connectivity index (χ3v) is 5.81. The molecule has 0 saturated heterocycles. The fourth-order valence-electron chi connectivity index (χ4n) is 2.68. The maximum Gasteiger partial charge on any atom is 0.418 e. The van der Waals surface area contributed by atoms with E-state index in [1.165, 1.54) is 42.5 Å². The first-order chi connectivity index (χ1) is 14.5. The Kier molecular flexibility index (Phi) is 6.51. The van der Waals surface area contributed by atoms with Crippen LogP contribution < -0.4 is 15.4 Å². The van der Waals surface area contributed by atoms with Crippen LogP contribution in [-0.4, -0.2) is 13.5 Å². The lowest BCUT2D eigenvalue weighted by Crippen LogP contribution is -2.21. The predicted octanol–water partition coefficient (Wildman–Crippen LogP) is 5.62. The fraction of sp³-hybridized carbons (Fsp3) is 0.0952. The largest absolute Gasteiger partial charge is 0.418 e. The summed E-state index contributed by atoms with van der Waals surface area (Å²) in [6.07, 6.45) is -4.52. The quantitative estimate of drug-likeness (QED) is 0.427. The molecule has 0 bridgehead atoms. The highest BCUT2D eigenvalue weighted by atomic mass is 32.2. The van der Waals surface area contributed by atoms with Crippen molar-refractivity contribution in [2.45, 2.75) is 18.0 Å². The number of benzene rings is 3. The number of halogens is 3. The van der Waals surface area contributed by atoms with Gasteiger partial charge in [0.25, 0.3) is 10.0 Å². The summed E-state index contributed by atoms with van der Waals surface area (Å²) < 4.78 is 66.6. The van der Waals surface area contributed by atoms with E-state index in [0.717, 1.165) is 11.6 Å². The normalized spacial score (nSPS) is 11.6. The van der Waals surface area contributed by atoms with Gasteiger partial charge in [0.2, 0.25) is 0 Å². The van der Waals surface area contributed by atoms with Crippen molar-refractivity contribution in [1.29, 1.82) is 0 Å². The van der Waals surface area contributed by atoms with Crippen molar-refractivity contribution < 1.29 is 21.6 Å². The first-order valence-corrected chi connectivity index (χ1v) is 10.9. The molecule has 0 aliphatic heterocycles. The molecule has 162 valence electrons. The van der Waals surface area contributed by atoms with Crippen LogP contribution in [0.1, 0.15) is 11.1 Å². The number of aryl methyl sites for hydroxylation is 1. The van der Waals surface area contributed by atoms with E-state index in [1.54, 1.807) is 24.3 Å². The highest BCUT2D eigenvalue weighted by Crippen LogP contribution is 2.34. The van der Waals surface area contributed by atoms with Gasteiger partial charge in [0.1, 0.15) is 0 Å². The molecule has 0 heterocycles. The molecular formula is C21H18F3N3O2S2. The molecule has 0 unspecified atom stereocenters. The molecule has 0 aliphatic carbocycles. The summed E-state index contributed by atoms with van der Waals surface area (Å²) in [6.45, 7) is 1.86. The Balaban J connectivity index is 1.66. The number of alkyl halides is 3. The molecule has 0 atom stereocenters. The van der Waals surface area contributed by atoms with Crippen LogP contribution in [0.25, 0.3) is 0 Å². The third kappa shape index (κ3) is 5.96. The first kappa shape index (κ1) is 22.6. The van der Waals surface area contributed by atoms with E-state index in [9.17, 15) is 21.6 Å². The summed E-state index contributed by atoms with van der Waals surface area (Å²) >= 11 is 5.09. The fourth-order valence-corrected chi connectivity index (χ4v) is 3.96. The second kappa shape index (κ2) is 8.94. The van der Waals surface area contributed by atoms with Crippen molar-refractivity contribution in [2.75, 3.05) is 15.4 Å².